The minimum atomic E-state index is -4.93. The standard InChI is InChI=1S/C8H7BF3O3/c10-9(11,12)4-13-6-1-2-7-8(3-6)15-5-14-7/h1-3H,4-5H2/q-1. The summed E-state index contributed by atoms with van der Waals surface area (Å²) in [5.41, 5.74) is 0. The molecule has 1 aliphatic rings. The summed E-state index contributed by atoms with van der Waals surface area (Å²) in [7, 11) is 0. The number of benzene rings is 1. The molecule has 0 spiro atoms. The third-order valence-electron chi connectivity index (χ3n) is 1.78. The zero-order valence-electron chi connectivity index (χ0n) is 7.58. The lowest BCUT2D eigenvalue weighted by atomic mass is 9.95. The van der Waals surface area contributed by atoms with Crippen LogP contribution < -0.4 is 14.2 Å². The van der Waals surface area contributed by atoms with Gasteiger partial charge in [-0.25, -0.2) is 0 Å². The van der Waals surface area contributed by atoms with Crippen LogP contribution in [0.3, 0.4) is 0 Å². The molecule has 1 aliphatic heterocycles. The monoisotopic (exact) mass is 219 g/mol. The fraction of sp³-hybridized carbons (Fsp3) is 0.250. The molecule has 0 aliphatic carbocycles. The number of ether oxygens (including phenoxy) is 3. The van der Waals surface area contributed by atoms with Crippen molar-refractivity contribution in [3.8, 4) is 17.2 Å². The van der Waals surface area contributed by atoms with Crippen LogP contribution in [0.1, 0.15) is 0 Å². The topological polar surface area (TPSA) is 27.7 Å². The second kappa shape index (κ2) is 3.56. The molecule has 1 aromatic rings. The first kappa shape index (κ1) is 10.0. The SMILES string of the molecule is F[B-](F)(F)COc1ccc2c(c1)OCO2. The van der Waals surface area contributed by atoms with Gasteiger partial charge in [0.15, 0.2) is 11.5 Å². The largest absolute Gasteiger partial charge is 0.522 e. The van der Waals surface area contributed by atoms with Crippen LogP contribution >= 0.6 is 0 Å². The quantitative estimate of drug-likeness (QED) is 0.729. The molecule has 0 atom stereocenters. The number of halogens is 3. The molecule has 0 saturated carbocycles. The highest BCUT2D eigenvalue weighted by Gasteiger charge is 2.24. The summed E-state index contributed by atoms with van der Waals surface area (Å²) in [6.45, 7) is -6.10. The Morgan fingerprint density at radius 3 is 2.67 bits per heavy atom. The number of hydrogen-bond donors (Lipinski definition) is 0. The van der Waals surface area contributed by atoms with Gasteiger partial charge in [-0.15, -0.1) is 0 Å². The first-order valence-corrected chi connectivity index (χ1v) is 4.28. The number of fused-ring (bicyclic) bond motifs is 1. The second-order valence-corrected chi connectivity index (χ2v) is 3.04. The fourth-order valence-corrected chi connectivity index (χ4v) is 1.16. The van der Waals surface area contributed by atoms with E-state index in [4.69, 9.17) is 9.47 Å². The minimum Gasteiger partial charge on any atom is -0.522 e. The summed E-state index contributed by atoms with van der Waals surface area (Å²) < 4.78 is 50.2. The van der Waals surface area contributed by atoms with Crippen LogP contribution in [0.2, 0.25) is 0 Å². The summed E-state index contributed by atoms with van der Waals surface area (Å²) in [5, 5.41) is 0. The van der Waals surface area contributed by atoms with Gasteiger partial charge in [0.25, 0.3) is 0 Å². The Hall–Kier alpha value is -1.53. The number of hydrogen-bond acceptors (Lipinski definition) is 3. The van der Waals surface area contributed by atoms with Crippen molar-refractivity contribution in [3.63, 3.8) is 0 Å². The van der Waals surface area contributed by atoms with Crippen LogP contribution in [0.25, 0.3) is 0 Å². The zero-order valence-corrected chi connectivity index (χ0v) is 7.58. The first-order chi connectivity index (χ1) is 7.04. The molecule has 82 valence electrons. The highest BCUT2D eigenvalue weighted by Crippen LogP contribution is 2.35. The van der Waals surface area contributed by atoms with E-state index < -0.39 is 13.5 Å². The Labute approximate surface area is 83.8 Å². The van der Waals surface area contributed by atoms with Crippen LogP contribution in [0.5, 0.6) is 17.2 Å². The van der Waals surface area contributed by atoms with Crippen molar-refractivity contribution in [2.75, 3.05) is 13.3 Å². The third-order valence-corrected chi connectivity index (χ3v) is 1.78. The molecule has 0 N–H and O–H groups in total. The van der Waals surface area contributed by atoms with Crippen molar-refractivity contribution in [3.05, 3.63) is 18.2 Å². The lowest BCUT2D eigenvalue weighted by molar-refractivity contribution is 0.173. The van der Waals surface area contributed by atoms with E-state index in [9.17, 15) is 12.9 Å². The van der Waals surface area contributed by atoms with E-state index in [1.165, 1.54) is 18.2 Å². The minimum absolute atomic E-state index is 0.0853. The molecular formula is C8H7BF3O3-. The van der Waals surface area contributed by atoms with Crippen LogP contribution in [0, 0.1) is 0 Å². The molecule has 1 aromatic carbocycles. The molecule has 0 amide bonds. The highest BCUT2D eigenvalue weighted by atomic mass is 19.4. The zero-order chi connectivity index (χ0) is 10.9. The van der Waals surface area contributed by atoms with Gasteiger partial charge >= 0.3 is 6.98 Å². The normalized spacial score (nSPS) is 14.1. The van der Waals surface area contributed by atoms with E-state index in [-0.39, 0.29) is 12.5 Å². The van der Waals surface area contributed by atoms with Crippen molar-refractivity contribution in [1.29, 1.82) is 0 Å². The van der Waals surface area contributed by atoms with Gasteiger partial charge in [0.2, 0.25) is 6.79 Å². The first-order valence-electron chi connectivity index (χ1n) is 4.28. The molecule has 0 aromatic heterocycles. The summed E-state index contributed by atoms with van der Waals surface area (Å²) in [4.78, 5) is 0. The van der Waals surface area contributed by atoms with Gasteiger partial charge in [0, 0.05) is 6.07 Å². The second-order valence-electron chi connectivity index (χ2n) is 3.04. The predicted molar refractivity (Wildman–Crippen MR) is 47.1 cm³/mol. The molecular weight excluding hydrogens is 212 g/mol. The van der Waals surface area contributed by atoms with Crippen molar-refractivity contribution in [2.24, 2.45) is 0 Å². The van der Waals surface area contributed by atoms with Crippen LogP contribution in [-0.2, 0) is 0 Å². The van der Waals surface area contributed by atoms with Crippen LogP contribution in [0.15, 0.2) is 18.2 Å². The summed E-state index contributed by atoms with van der Waals surface area (Å²) in [6.07, 6.45) is 0. The summed E-state index contributed by atoms with van der Waals surface area (Å²) >= 11 is 0. The van der Waals surface area contributed by atoms with Crippen LogP contribution in [0.4, 0.5) is 12.9 Å². The summed E-state index contributed by atoms with van der Waals surface area (Å²) in [6, 6.07) is 4.31. The van der Waals surface area contributed by atoms with E-state index in [1.807, 2.05) is 0 Å². The molecule has 0 saturated heterocycles. The molecule has 0 radical (unpaired) electrons. The lowest BCUT2D eigenvalue weighted by Crippen LogP contribution is -2.26. The van der Waals surface area contributed by atoms with E-state index in [2.05, 4.69) is 4.74 Å². The fourth-order valence-electron chi connectivity index (χ4n) is 1.16. The molecule has 0 fully saturated rings. The van der Waals surface area contributed by atoms with Crippen molar-refractivity contribution >= 4 is 6.98 Å². The van der Waals surface area contributed by atoms with E-state index in [1.54, 1.807) is 0 Å². The van der Waals surface area contributed by atoms with Gasteiger partial charge in [-0.2, -0.15) is 0 Å². The Bertz CT molecular complexity index is 367. The van der Waals surface area contributed by atoms with Crippen molar-refractivity contribution < 1.29 is 27.2 Å². The van der Waals surface area contributed by atoms with E-state index in [0.717, 1.165) is 0 Å². The van der Waals surface area contributed by atoms with Crippen LogP contribution in [-0.4, -0.2) is 20.3 Å². The van der Waals surface area contributed by atoms with Gasteiger partial charge in [-0.05, 0) is 12.1 Å². The molecule has 15 heavy (non-hydrogen) atoms. The maximum Gasteiger partial charge on any atom is 0.515 e. The van der Waals surface area contributed by atoms with Crippen molar-refractivity contribution in [2.45, 2.75) is 0 Å². The van der Waals surface area contributed by atoms with Crippen molar-refractivity contribution in [1.82, 2.24) is 0 Å². The maximum absolute atomic E-state index is 11.9. The smallest absolute Gasteiger partial charge is 0.515 e. The third kappa shape index (κ3) is 2.48. The maximum atomic E-state index is 11.9. The van der Waals surface area contributed by atoms with Gasteiger partial charge in [-0.3, -0.25) is 0 Å². The van der Waals surface area contributed by atoms with Gasteiger partial charge < -0.3 is 27.2 Å². The van der Waals surface area contributed by atoms with E-state index in [0.29, 0.717) is 11.5 Å². The highest BCUT2D eigenvalue weighted by molar-refractivity contribution is 6.58. The summed E-state index contributed by atoms with van der Waals surface area (Å²) in [5.74, 6) is 1.04. The predicted octanol–water partition coefficient (Wildman–Crippen LogP) is 2.18. The molecule has 0 unspecified atom stereocenters. The Balaban J connectivity index is 2.04. The molecule has 3 nitrogen and oxygen atoms in total. The Kier molecular flexibility index (Phi) is 2.38. The number of rotatable bonds is 3. The molecule has 0 bridgehead atoms. The van der Waals surface area contributed by atoms with Gasteiger partial charge in [0.05, 0.1) is 6.51 Å². The van der Waals surface area contributed by atoms with Gasteiger partial charge in [-0.1, -0.05) is 0 Å². The average molecular weight is 219 g/mol. The lowest BCUT2D eigenvalue weighted by Gasteiger charge is -2.15. The van der Waals surface area contributed by atoms with Gasteiger partial charge in [0.1, 0.15) is 5.75 Å². The molecule has 1 heterocycles. The van der Waals surface area contributed by atoms with E-state index >= 15 is 0 Å². The molecule has 7 heteroatoms. The Morgan fingerprint density at radius 2 is 1.93 bits per heavy atom. The average Bonchev–Trinajstić information content (AvgIpc) is 2.60. The Morgan fingerprint density at radius 1 is 1.20 bits per heavy atom. The molecule has 2 rings (SSSR count).